The number of hydrogen-bond acceptors (Lipinski definition) is 3. The van der Waals surface area contributed by atoms with Crippen molar-refractivity contribution in [1.82, 2.24) is 9.80 Å². The molecule has 6 heteroatoms. The lowest BCUT2D eigenvalue weighted by atomic mass is 9.93. The Morgan fingerprint density at radius 1 is 1.30 bits per heavy atom. The summed E-state index contributed by atoms with van der Waals surface area (Å²) in [4.78, 5) is 16.2. The number of hydrogen-bond donors (Lipinski definition) is 1. The molecule has 1 aromatic carbocycles. The van der Waals surface area contributed by atoms with Gasteiger partial charge < -0.3 is 10.2 Å². The average Bonchev–Trinajstić information content (AvgIpc) is 2.50. The number of piperidine rings is 1. The molecule has 2 rings (SSSR count). The molecule has 0 aliphatic carbocycles. The van der Waals surface area contributed by atoms with Gasteiger partial charge in [0.05, 0.1) is 12.2 Å². The summed E-state index contributed by atoms with van der Waals surface area (Å²) < 4.78 is 26.6. The summed E-state index contributed by atoms with van der Waals surface area (Å²) in [5.41, 5.74) is -0.101. The van der Waals surface area contributed by atoms with E-state index in [1.54, 1.807) is 0 Å². The van der Waals surface area contributed by atoms with Crippen LogP contribution in [0.5, 0.6) is 0 Å². The van der Waals surface area contributed by atoms with Crippen molar-refractivity contribution in [1.29, 1.82) is 0 Å². The summed E-state index contributed by atoms with van der Waals surface area (Å²) in [5.74, 6) is -0.788. The van der Waals surface area contributed by atoms with Gasteiger partial charge in [-0.25, -0.2) is 8.78 Å². The van der Waals surface area contributed by atoms with Crippen LogP contribution < -0.4 is 5.32 Å². The van der Waals surface area contributed by atoms with Crippen molar-refractivity contribution in [3.05, 3.63) is 29.8 Å². The van der Waals surface area contributed by atoms with E-state index in [2.05, 4.69) is 29.2 Å². The highest BCUT2D eigenvalue weighted by molar-refractivity contribution is 5.92. The van der Waals surface area contributed by atoms with Gasteiger partial charge in [-0.15, -0.1) is 0 Å². The lowest BCUT2D eigenvalue weighted by Gasteiger charge is -2.31. The van der Waals surface area contributed by atoms with Crippen molar-refractivity contribution in [3.8, 4) is 0 Å². The van der Waals surface area contributed by atoms with Gasteiger partial charge in [-0.1, -0.05) is 0 Å². The normalized spacial score (nSPS) is 16.7. The number of nitrogens with zero attached hydrogens (tertiary/aromatic N) is 2. The first-order valence-electron chi connectivity index (χ1n) is 8.06. The number of carbonyl (C=O) groups is 1. The van der Waals surface area contributed by atoms with E-state index in [9.17, 15) is 13.6 Å². The van der Waals surface area contributed by atoms with E-state index in [1.807, 2.05) is 0 Å². The first kappa shape index (κ1) is 17.8. The van der Waals surface area contributed by atoms with Crippen LogP contribution in [0.1, 0.15) is 19.3 Å². The summed E-state index contributed by atoms with van der Waals surface area (Å²) in [6.07, 6.45) is 3.34. The Balaban J connectivity index is 1.75. The standard InChI is InChI=1S/C17H25F2N3O/c1-21(2)8-5-13-6-9-22(10-7-13)12-17(23)20-16-11-14(18)3-4-15(16)19/h3-4,11,13H,5-10,12H2,1-2H3,(H,20,23). The van der Waals surface area contributed by atoms with E-state index in [0.717, 1.165) is 50.7 Å². The predicted octanol–water partition coefficient (Wildman–Crippen LogP) is 2.57. The quantitative estimate of drug-likeness (QED) is 0.873. The third-order valence-corrected chi connectivity index (χ3v) is 4.26. The van der Waals surface area contributed by atoms with E-state index < -0.39 is 11.6 Å². The number of likely N-dealkylation sites (tertiary alicyclic amines) is 1. The monoisotopic (exact) mass is 325 g/mol. The van der Waals surface area contributed by atoms with Crippen LogP contribution in [0, 0.1) is 17.6 Å². The second-order valence-corrected chi connectivity index (χ2v) is 6.48. The molecule has 1 N–H and O–H groups in total. The fourth-order valence-electron chi connectivity index (χ4n) is 2.86. The third kappa shape index (κ3) is 5.88. The molecule has 4 nitrogen and oxygen atoms in total. The van der Waals surface area contributed by atoms with Gasteiger partial charge in [0, 0.05) is 6.07 Å². The Morgan fingerprint density at radius 2 is 2.00 bits per heavy atom. The van der Waals surface area contributed by atoms with Gasteiger partial charge in [0.1, 0.15) is 11.6 Å². The van der Waals surface area contributed by atoms with Crippen LogP contribution >= 0.6 is 0 Å². The minimum Gasteiger partial charge on any atom is -0.322 e. The Labute approximate surface area is 136 Å². The molecule has 0 bridgehead atoms. The molecule has 1 aromatic rings. The Morgan fingerprint density at radius 3 is 2.65 bits per heavy atom. The molecule has 0 atom stereocenters. The largest absolute Gasteiger partial charge is 0.322 e. The fourth-order valence-corrected chi connectivity index (χ4v) is 2.86. The molecule has 1 aliphatic heterocycles. The number of rotatable bonds is 6. The summed E-state index contributed by atoms with van der Waals surface area (Å²) in [7, 11) is 4.15. The van der Waals surface area contributed by atoms with Crippen molar-refractivity contribution in [2.45, 2.75) is 19.3 Å². The lowest BCUT2D eigenvalue weighted by Crippen LogP contribution is -2.39. The molecule has 0 saturated carbocycles. The van der Waals surface area contributed by atoms with Gasteiger partial charge in [-0.05, 0) is 71.0 Å². The van der Waals surface area contributed by atoms with E-state index in [1.165, 1.54) is 6.42 Å². The van der Waals surface area contributed by atoms with Crippen molar-refractivity contribution >= 4 is 11.6 Å². The molecule has 1 fully saturated rings. The minimum absolute atomic E-state index is 0.101. The minimum atomic E-state index is -0.623. The van der Waals surface area contributed by atoms with E-state index >= 15 is 0 Å². The number of nitrogens with one attached hydrogen (secondary N) is 1. The number of amides is 1. The predicted molar refractivity (Wildman–Crippen MR) is 87.3 cm³/mol. The zero-order valence-electron chi connectivity index (χ0n) is 13.8. The second kappa shape index (κ2) is 8.36. The van der Waals surface area contributed by atoms with Crippen molar-refractivity contribution in [2.75, 3.05) is 45.6 Å². The molecule has 1 aliphatic rings. The number of halogens is 2. The van der Waals surface area contributed by atoms with Gasteiger partial charge in [0.25, 0.3) is 0 Å². The molecule has 1 amide bonds. The van der Waals surface area contributed by atoms with Gasteiger partial charge in [0.15, 0.2) is 0 Å². The maximum Gasteiger partial charge on any atom is 0.238 e. The van der Waals surface area contributed by atoms with Crippen LogP contribution in [-0.4, -0.2) is 56.0 Å². The zero-order chi connectivity index (χ0) is 16.8. The van der Waals surface area contributed by atoms with E-state index in [0.29, 0.717) is 5.92 Å². The Bertz CT molecular complexity index is 529. The smallest absolute Gasteiger partial charge is 0.238 e. The van der Waals surface area contributed by atoms with Gasteiger partial charge >= 0.3 is 0 Å². The topological polar surface area (TPSA) is 35.6 Å². The van der Waals surface area contributed by atoms with Crippen LogP contribution in [0.2, 0.25) is 0 Å². The SMILES string of the molecule is CN(C)CCC1CCN(CC(=O)Nc2cc(F)ccc2F)CC1. The highest BCUT2D eigenvalue weighted by Crippen LogP contribution is 2.21. The first-order valence-corrected chi connectivity index (χ1v) is 8.06. The van der Waals surface area contributed by atoms with Crippen LogP contribution in [0.15, 0.2) is 18.2 Å². The van der Waals surface area contributed by atoms with Gasteiger partial charge in [-0.3, -0.25) is 9.69 Å². The molecule has 0 radical (unpaired) electrons. The van der Waals surface area contributed by atoms with Crippen molar-refractivity contribution in [2.24, 2.45) is 5.92 Å². The van der Waals surface area contributed by atoms with Crippen LogP contribution in [0.25, 0.3) is 0 Å². The number of anilines is 1. The van der Waals surface area contributed by atoms with E-state index in [4.69, 9.17) is 0 Å². The Kier molecular flexibility index (Phi) is 6.47. The summed E-state index contributed by atoms with van der Waals surface area (Å²) in [5, 5.41) is 2.45. The molecule has 128 valence electrons. The van der Waals surface area contributed by atoms with Gasteiger partial charge in [0.2, 0.25) is 5.91 Å². The maximum atomic E-state index is 13.5. The lowest BCUT2D eigenvalue weighted by molar-refractivity contribution is -0.117. The zero-order valence-corrected chi connectivity index (χ0v) is 13.8. The highest BCUT2D eigenvalue weighted by Gasteiger charge is 2.21. The van der Waals surface area contributed by atoms with Crippen molar-refractivity contribution < 1.29 is 13.6 Å². The second-order valence-electron chi connectivity index (χ2n) is 6.48. The number of benzene rings is 1. The van der Waals surface area contributed by atoms with Crippen LogP contribution in [0.3, 0.4) is 0 Å². The molecule has 1 heterocycles. The summed E-state index contributed by atoms with van der Waals surface area (Å²) >= 11 is 0. The molecular weight excluding hydrogens is 300 g/mol. The molecular formula is C17H25F2N3O. The Hall–Kier alpha value is -1.53. The van der Waals surface area contributed by atoms with Crippen molar-refractivity contribution in [3.63, 3.8) is 0 Å². The number of carbonyl (C=O) groups excluding carboxylic acids is 1. The third-order valence-electron chi connectivity index (χ3n) is 4.26. The summed E-state index contributed by atoms with van der Waals surface area (Å²) in [6.45, 7) is 3.05. The maximum absolute atomic E-state index is 13.5. The van der Waals surface area contributed by atoms with Gasteiger partial charge in [-0.2, -0.15) is 0 Å². The van der Waals surface area contributed by atoms with E-state index in [-0.39, 0.29) is 18.1 Å². The fraction of sp³-hybridized carbons (Fsp3) is 0.588. The molecule has 23 heavy (non-hydrogen) atoms. The molecule has 1 saturated heterocycles. The molecule has 0 aromatic heterocycles. The summed E-state index contributed by atoms with van der Waals surface area (Å²) in [6, 6.07) is 3.05. The first-order chi connectivity index (χ1) is 10.9. The average molecular weight is 325 g/mol. The molecule has 0 unspecified atom stereocenters. The van der Waals surface area contributed by atoms with Crippen LogP contribution in [0.4, 0.5) is 14.5 Å². The van der Waals surface area contributed by atoms with Crippen LogP contribution in [-0.2, 0) is 4.79 Å². The highest BCUT2D eigenvalue weighted by atomic mass is 19.1. The molecule has 0 spiro atoms.